The molecule has 0 aliphatic carbocycles. The molecule has 0 unspecified atom stereocenters. The SMILES string of the molecule is CCn1nc(C(=O)Nc2ccccc2C(N)=O)ccc1=O. The third kappa shape index (κ3) is 3.14. The van der Waals surface area contributed by atoms with Gasteiger partial charge in [0.15, 0.2) is 0 Å². The molecular weight excluding hydrogens is 272 g/mol. The molecule has 1 heterocycles. The minimum atomic E-state index is -0.641. The molecule has 0 atom stereocenters. The number of benzene rings is 1. The first kappa shape index (κ1) is 14.4. The molecule has 0 spiro atoms. The van der Waals surface area contributed by atoms with Gasteiger partial charge in [-0.25, -0.2) is 4.68 Å². The van der Waals surface area contributed by atoms with E-state index in [1.165, 1.54) is 22.9 Å². The van der Waals surface area contributed by atoms with Gasteiger partial charge in [-0.05, 0) is 25.1 Å². The van der Waals surface area contributed by atoms with Crippen LogP contribution in [-0.2, 0) is 6.54 Å². The predicted molar refractivity (Wildman–Crippen MR) is 77.1 cm³/mol. The Balaban J connectivity index is 2.30. The summed E-state index contributed by atoms with van der Waals surface area (Å²) in [6.07, 6.45) is 0. The lowest BCUT2D eigenvalue weighted by Gasteiger charge is -2.09. The molecular formula is C14H14N4O3. The summed E-state index contributed by atoms with van der Waals surface area (Å²) in [5, 5.41) is 6.50. The van der Waals surface area contributed by atoms with Crippen LogP contribution >= 0.6 is 0 Å². The minimum Gasteiger partial charge on any atom is -0.366 e. The maximum atomic E-state index is 12.1. The van der Waals surface area contributed by atoms with E-state index >= 15 is 0 Å². The van der Waals surface area contributed by atoms with Crippen molar-refractivity contribution in [3.63, 3.8) is 0 Å². The van der Waals surface area contributed by atoms with Gasteiger partial charge in [-0.1, -0.05) is 12.1 Å². The summed E-state index contributed by atoms with van der Waals surface area (Å²) in [6.45, 7) is 2.11. The van der Waals surface area contributed by atoms with Gasteiger partial charge in [0.2, 0.25) is 0 Å². The van der Waals surface area contributed by atoms with Gasteiger partial charge >= 0.3 is 0 Å². The number of amides is 2. The van der Waals surface area contributed by atoms with Gasteiger partial charge in [-0.2, -0.15) is 5.10 Å². The number of carbonyl (C=O) groups is 2. The molecule has 2 rings (SSSR count). The van der Waals surface area contributed by atoms with Crippen LogP contribution in [0.1, 0.15) is 27.8 Å². The topological polar surface area (TPSA) is 107 Å². The quantitative estimate of drug-likeness (QED) is 0.858. The highest BCUT2D eigenvalue weighted by molar-refractivity contribution is 6.07. The molecule has 7 nitrogen and oxygen atoms in total. The van der Waals surface area contributed by atoms with Crippen molar-refractivity contribution in [1.82, 2.24) is 9.78 Å². The third-order valence-electron chi connectivity index (χ3n) is 2.84. The Bertz CT molecular complexity index is 752. The fourth-order valence-electron chi connectivity index (χ4n) is 1.79. The first-order valence-corrected chi connectivity index (χ1v) is 6.31. The fraction of sp³-hybridized carbons (Fsp3) is 0.143. The molecule has 1 aromatic carbocycles. The summed E-state index contributed by atoms with van der Waals surface area (Å²) >= 11 is 0. The van der Waals surface area contributed by atoms with Crippen molar-refractivity contribution in [2.24, 2.45) is 5.73 Å². The monoisotopic (exact) mass is 286 g/mol. The second-order valence-corrected chi connectivity index (χ2v) is 4.24. The van der Waals surface area contributed by atoms with E-state index in [4.69, 9.17) is 5.73 Å². The fourth-order valence-corrected chi connectivity index (χ4v) is 1.79. The zero-order valence-corrected chi connectivity index (χ0v) is 11.4. The van der Waals surface area contributed by atoms with Gasteiger partial charge in [-0.3, -0.25) is 14.4 Å². The number of para-hydroxylation sites is 1. The number of primary amides is 1. The highest BCUT2D eigenvalue weighted by Gasteiger charge is 2.13. The maximum Gasteiger partial charge on any atom is 0.276 e. The smallest absolute Gasteiger partial charge is 0.276 e. The second-order valence-electron chi connectivity index (χ2n) is 4.24. The number of aromatic nitrogens is 2. The standard InChI is InChI=1S/C14H14N4O3/c1-2-18-12(19)8-7-11(17-18)14(21)16-10-6-4-3-5-9(10)13(15)20/h3-8H,2H2,1H3,(H2,15,20)(H,16,21). The number of hydrogen-bond donors (Lipinski definition) is 2. The van der Waals surface area contributed by atoms with E-state index in [2.05, 4.69) is 10.4 Å². The number of hydrogen-bond acceptors (Lipinski definition) is 4. The Labute approximate surface area is 120 Å². The second kappa shape index (κ2) is 6.00. The van der Waals surface area contributed by atoms with Gasteiger partial charge in [0.25, 0.3) is 17.4 Å². The molecule has 0 fully saturated rings. The van der Waals surface area contributed by atoms with Crippen LogP contribution in [0.3, 0.4) is 0 Å². The normalized spacial score (nSPS) is 10.1. The lowest BCUT2D eigenvalue weighted by atomic mass is 10.1. The summed E-state index contributed by atoms with van der Waals surface area (Å²) in [6, 6.07) is 8.99. The number of aryl methyl sites for hydroxylation is 1. The van der Waals surface area contributed by atoms with Gasteiger partial charge in [-0.15, -0.1) is 0 Å². The molecule has 2 amide bonds. The first-order chi connectivity index (χ1) is 10.0. The Morgan fingerprint density at radius 3 is 2.62 bits per heavy atom. The average molecular weight is 286 g/mol. The van der Waals surface area contributed by atoms with Crippen molar-refractivity contribution in [3.8, 4) is 0 Å². The van der Waals surface area contributed by atoms with Crippen LogP contribution in [-0.4, -0.2) is 21.6 Å². The number of nitrogens with zero attached hydrogens (tertiary/aromatic N) is 2. The lowest BCUT2D eigenvalue weighted by Crippen LogP contribution is -2.26. The van der Waals surface area contributed by atoms with Gasteiger partial charge in [0.1, 0.15) is 5.69 Å². The molecule has 0 aliphatic heterocycles. The van der Waals surface area contributed by atoms with Crippen LogP contribution < -0.4 is 16.6 Å². The number of anilines is 1. The third-order valence-corrected chi connectivity index (χ3v) is 2.84. The van der Waals surface area contributed by atoms with Crippen LogP contribution in [0.5, 0.6) is 0 Å². The summed E-state index contributed by atoms with van der Waals surface area (Å²) < 4.78 is 1.18. The largest absolute Gasteiger partial charge is 0.366 e. The highest BCUT2D eigenvalue weighted by Crippen LogP contribution is 2.14. The van der Waals surface area contributed by atoms with Gasteiger partial charge in [0, 0.05) is 12.6 Å². The number of nitrogens with one attached hydrogen (secondary N) is 1. The molecule has 108 valence electrons. The molecule has 0 radical (unpaired) electrons. The molecule has 0 bridgehead atoms. The molecule has 7 heteroatoms. The minimum absolute atomic E-state index is 0.0794. The van der Waals surface area contributed by atoms with Crippen LogP contribution in [0.25, 0.3) is 0 Å². The van der Waals surface area contributed by atoms with E-state index < -0.39 is 11.8 Å². The summed E-state index contributed by atoms with van der Waals surface area (Å²) in [5.74, 6) is -1.16. The predicted octanol–water partition coefficient (Wildman–Crippen LogP) is 0.614. The van der Waals surface area contributed by atoms with E-state index in [0.717, 1.165) is 0 Å². The van der Waals surface area contributed by atoms with Crippen molar-refractivity contribution >= 4 is 17.5 Å². The number of rotatable bonds is 4. The van der Waals surface area contributed by atoms with Crippen LogP contribution in [0.2, 0.25) is 0 Å². The molecule has 0 aliphatic rings. The van der Waals surface area contributed by atoms with Crippen molar-refractivity contribution < 1.29 is 9.59 Å². The molecule has 0 saturated carbocycles. The van der Waals surface area contributed by atoms with Crippen molar-refractivity contribution in [1.29, 1.82) is 0 Å². The highest BCUT2D eigenvalue weighted by atomic mass is 16.2. The Morgan fingerprint density at radius 1 is 1.24 bits per heavy atom. The molecule has 2 aromatic rings. The molecule has 1 aromatic heterocycles. The molecule has 21 heavy (non-hydrogen) atoms. The Morgan fingerprint density at radius 2 is 1.95 bits per heavy atom. The van der Waals surface area contributed by atoms with E-state index in [-0.39, 0.29) is 16.8 Å². The van der Waals surface area contributed by atoms with E-state index in [0.29, 0.717) is 12.2 Å². The zero-order valence-electron chi connectivity index (χ0n) is 11.4. The van der Waals surface area contributed by atoms with E-state index in [1.807, 2.05) is 0 Å². The zero-order chi connectivity index (χ0) is 15.4. The Kier molecular flexibility index (Phi) is 4.13. The number of nitrogens with two attached hydrogens (primary N) is 1. The van der Waals surface area contributed by atoms with Crippen molar-refractivity contribution in [2.45, 2.75) is 13.5 Å². The van der Waals surface area contributed by atoms with Crippen LogP contribution in [0.4, 0.5) is 5.69 Å². The van der Waals surface area contributed by atoms with Crippen molar-refractivity contribution in [3.05, 3.63) is 58.0 Å². The average Bonchev–Trinajstić information content (AvgIpc) is 2.48. The number of carbonyl (C=O) groups excluding carboxylic acids is 2. The maximum absolute atomic E-state index is 12.1. The van der Waals surface area contributed by atoms with Crippen LogP contribution in [0, 0.1) is 0 Å². The van der Waals surface area contributed by atoms with Crippen LogP contribution in [0.15, 0.2) is 41.2 Å². The Hall–Kier alpha value is -2.96. The van der Waals surface area contributed by atoms with Gasteiger partial charge < -0.3 is 11.1 Å². The lowest BCUT2D eigenvalue weighted by molar-refractivity contribution is 0.100. The molecule has 0 saturated heterocycles. The summed E-state index contributed by atoms with van der Waals surface area (Å²) in [7, 11) is 0. The van der Waals surface area contributed by atoms with Crippen molar-refractivity contribution in [2.75, 3.05) is 5.32 Å². The van der Waals surface area contributed by atoms with E-state index in [1.54, 1.807) is 25.1 Å². The van der Waals surface area contributed by atoms with Gasteiger partial charge in [0.05, 0.1) is 11.3 Å². The summed E-state index contributed by atoms with van der Waals surface area (Å²) in [4.78, 5) is 34.9. The first-order valence-electron chi connectivity index (χ1n) is 6.31. The molecule has 3 N–H and O–H groups in total. The summed E-state index contributed by atoms with van der Waals surface area (Å²) in [5.41, 5.74) is 5.54. The van der Waals surface area contributed by atoms with E-state index in [9.17, 15) is 14.4 Å².